The van der Waals surface area contributed by atoms with Gasteiger partial charge in [-0.25, -0.2) is 9.59 Å². The molecule has 7 nitrogen and oxygen atoms in total. The van der Waals surface area contributed by atoms with Gasteiger partial charge in [-0.3, -0.25) is 4.79 Å². The molecule has 0 atom stereocenters. The second-order valence-electron chi connectivity index (χ2n) is 4.10. The van der Waals surface area contributed by atoms with Gasteiger partial charge in [0.15, 0.2) is 5.78 Å². The lowest BCUT2D eigenvalue weighted by atomic mass is 9.97. The maximum Gasteiger partial charge on any atom is 0.328 e. The largest absolute Gasteiger partial charge is 0.478 e. The van der Waals surface area contributed by atoms with E-state index >= 15 is 0 Å². The van der Waals surface area contributed by atoms with Crippen LogP contribution in [0.25, 0.3) is 0 Å². The summed E-state index contributed by atoms with van der Waals surface area (Å²) < 4.78 is 0. The Morgan fingerprint density at radius 2 is 1.48 bits per heavy atom. The Hall–Kier alpha value is -2.51. The van der Waals surface area contributed by atoms with Crippen LogP contribution in [0.3, 0.4) is 0 Å². The first kappa shape index (κ1) is 18.5. The summed E-state index contributed by atoms with van der Waals surface area (Å²) in [6.07, 6.45) is 1.55. The van der Waals surface area contributed by atoms with Crippen molar-refractivity contribution in [1.29, 1.82) is 0 Å². The molecule has 0 aliphatic rings. The average molecular weight is 294 g/mol. The van der Waals surface area contributed by atoms with Crippen molar-refractivity contribution >= 4 is 17.7 Å². The van der Waals surface area contributed by atoms with Crippen molar-refractivity contribution in [3.63, 3.8) is 0 Å². The quantitative estimate of drug-likeness (QED) is 0.353. The Kier molecular flexibility index (Phi) is 7.59. The lowest BCUT2D eigenvalue weighted by molar-refractivity contribution is -0.134. The number of Topliss-reactive ketones (excluding diaryl/α,β-unsaturated/α-hetero) is 1. The molecule has 0 amide bonds. The molecule has 0 aromatic heterocycles. The monoisotopic (exact) mass is 294 g/mol. The Morgan fingerprint density at radius 3 is 1.81 bits per heavy atom. The maximum absolute atomic E-state index is 11.6. The van der Waals surface area contributed by atoms with Crippen molar-refractivity contribution in [2.24, 2.45) is 11.5 Å². The molecule has 0 saturated heterocycles. The average Bonchev–Trinajstić information content (AvgIpc) is 2.46. The summed E-state index contributed by atoms with van der Waals surface area (Å²) in [4.78, 5) is 30.8. The first-order chi connectivity index (χ1) is 9.70. The molecule has 0 saturated carbocycles. The minimum Gasteiger partial charge on any atom is -0.478 e. The molecule has 0 aliphatic heterocycles. The molecule has 21 heavy (non-hydrogen) atoms. The zero-order chi connectivity index (χ0) is 16.5. The predicted octanol–water partition coefficient (Wildman–Crippen LogP) is 0.605. The molecule has 0 radical (unpaired) electrons. The molecule has 0 fully saturated rings. The van der Waals surface area contributed by atoms with Crippen molar-refractivity contribution in [2.75, 3.05) is 0 Å². The molecular formula is C14H18N2O5. The van der Waals surface area contributed by atoms with Crippen LogP contribution in [0.2, 0.25) is 0 Å². The molecule has 114 valence electrons. The highest BCUT2D eigenvalue weighted by Gasteiger charge is 2.27. The van der Waals surface area contributed by atoms with Crippen LogP contribution >= 0.6 is 0 Å². The van der Waals surface area contributed by atoms with Gasteiger partial charge in [0.25, 0.3) is 0 Å². The van der Waals surface area contributed by atoms with E-state index in [1.165, 1.54) is 0 Å². The van der Waals surface area contributed by atoms with Gasteiger partial charge in [-0.1, -0.05) is 37.3 Å². The Bertz CT molecular complexity index is 507. The van der Waals surface area contributed by atoms with Crippen LogP contribution < -0.4 is 11.5 Å². The second kappa shape index (κ2) is 8.62. The Morgan fingerprint density at radius 1 is 1.05 bits per heavy atom. The Labute approximate surface area is 121 Å². The SMILES string of the molecule is CCC(N)(N)C(=O)c1ccccc1.O=C(O)C=CC(=O)O. The number of ketones is 1. The summed E-state index contributed by atoms with van der Waals surface area (Å²) in [5, 5.41) is 15.6. The number of hydrogen-bond acceptors (Lipinski definition) is 5. The highest BCUT2D eigenvalue weighted by molar-refractivity contribution is 6.02. The summed E-state index contributed by atoms with van der Waals surface area (Å²) in [7, 11) is 0. The smallest absolute Gasteiger partial charge is 0.328 e. The zero-order valence-corrected chi connectivity index (χ0v) is 11.5. The third kappa shape index (κ3) is 7.61. The number of carbonyl (C=O) groups is 3. The van der Waals surface area contributed by atoms with E-state index in [2.05, 4.69) is 0 Å². The maximum atomic E-state index is 11.6. The van der Waals surface area contributed by atoms with Gasteiger partial charge < -0.3 is 21.7 Å². The van der Waals surface area contributed by atoms with Crippen LogP contribution in [-0.4, -0.2) is 33.6 Å². The number of hydrogen-bond donors (Lipinski definition) is 4. The summed E-state index contributed by atoms with van der Waals surface area (Å²) in [6, 6.07) is 8.86. The third-order valence-corrected chi connectivity index (χ3v) is 2.41. The fourth-order valence-electron chi connectivity index (χ4n) is 1.16. The molecule has 1 aromatic carbocycles. The number of carboxylic acid groups (broad SMARTS) is 2. The highest BCUT2D eigenvalue weighted by atomic mass is 16.4. The van der Waals surface area contributed by atoms with Gasteiger partial charge in [-0.2, -0.15) is 0 Å². The second-order valence-corrected chi connectivity index (χ2v) is 4.10. The van der Waals surface area contributed by atoms with Crippen LogP contribution in [0, 0.1) is 0 Å². The molecule has 7 heteroatoms. The number of rotatable bonds is 5. The van der Waals surface area contributed by atoms with Gasteiger partial charge in [0.05, 0.1) is 0 Å². The van der Waals surface area contributed by atoms with E-state index in [0.717, 1.165) is 0 Å². The molecule has 0 aliphatic carbocycles. The fraction of sp³-hybridized carbons (Fsp3) is 0.214. The van der Waals surface area contributed by atoms with Crippen LogP contribution in [0.15, 0.2) is 42.5 Å². The zero-order valence-electron chi connectivity index (χ0n) is 11.5. The van der Waals surface area contributed by atoms with Crippen LogP contribution in [0.5, 0.6) is 0 Å². The summed E-state index contributed by atoms with van der Waals surface area (Å²) in [5.41, 5.74) is 10.6. The fourth-order valence-corrected chi connectivity index (χ4v) is 1.16. The summed E-state index contributed by atoms with van der Waals surface area (Å²) in [5.74, 6) is -2.73. The van der Waals surface area contributed by atoms with Crippen LogP contribution in [0.1, 0.15) is 23.7 Å². The summed E-state index contributed by atoms with van der Waals surface area (Å²) in [6.45, 7) is 1.79. The standard InChI is InChI=1S/C10H14N2O.C4H4O4/c1-2-10(11,12)9(13)8-6-4-3-5-7-8;5-3(6)1-2-4(7)8/h3-7H,2,11-12H2,1H3;1-2H,(H,5,6)(H,7,8). The first-order valence-corrected chi connectivity index (χ1v) is 6.02. The number of benzene rings is 1. The van der Waals surface area contributed by atoms with Gasteiger partial charge in [-0.05, 0) is 6.42 Å². The van der Waals surface area contributed by atoms with Crippen molar-refractivity contribution in [2.45, 2.75) is 19.0 Å². The van der Waals surface area contributed by atoms with E-state index in [-0.39, 0.29) is 5.78 Å². The van der Waals surface area contributed by atoms with Gasteiger partial charge in [0, 0.05) is 17.7 Å². The molecule has 1 rings (SSSR count). The molecule has 0 bridgehead atoms. The number of nitrogens with two attached hydrogens (primary N) is 2. The predicted molar refractivity (Wildman–Crippen MR) is 76.6 cm³/mol. The molecule has 0 unspecified atom stereocenters. The normalized spacial score (nSPS) is 10.6. The van der Waals surface area contributed by atoms with Crippen molar-refractivity contribution in [1.82, 2.24) is 0 Å². The number of carboxylic acids is 2. The van der Waals surface area contributed by atoms with Crippen molar-refractivity contribution < 1.29 is 24.6 Å². The molecular weight excluding hydrogens is 276 g/mol. The van der Waals surface area contributed by atoms with E-state index in [0.29, 0.717) is 24.1 Å². The lowest BCUT2D eigenvalue weighted by Crippen LogP contribution is -2.55. The van der Waals surface area contributed by atoms with Crippen LogP contribution in [-0.2, 0) is 9.59 Å². The molecule has 1 aromatic rings. The lowest BCUT2D eigenvalue weighted by Gasteiger charge is -2.20. The first-order valence-electron chi connectivity index (χ1n) is 6.02. The van der Waals surface area contributed by atoms with Crippen LogP contribution in [0.4, 0.5) is 0 Å². The van der Waals surface area contributed by atoms with Crippen molar-refractivity contribution in [3.8, 4) is 0 Å². The van der Waals surface area contributed by atoms with E-state index in [9.17, 15) is 14.4 Å². The third-order valence-electron chi connectivity index (χ3n) is 2.41. The van der Waals surface area contributed by atoms with Gasteiger partial charge in [0.2, 0.25) is 0 Å². The topological polar surface area (TPSA) is 144 Å². The van der Waals surface area contributed by atoms with Gasteiger partial charge >= 0.3 is 11.9 Å². The molecule has 0 heterocycles. The Balaban J connectivity index is 0.000000433. The highest BCUT2D eigenvalue weighted by Crippen LogP contribution is 2.09. The number of aliphatic carboxylic acids is 2. The number of carbonyl (C=O) groups excluding carboxylic acids is 1. The van der Waals surface area contributed by atoms with Gasteiger partial charge in [-0.15, -0.1) is 0 Å². The molecule has 0 spiro atoms. The van der Waals surface area contributed by atoms with Gasteiger partial charge in [0.1, 0.15) is 5.66 Å². The summed E-state index contributed by atoms with van der Waals surface area (Å²) >= 11 is 0. The van der Waals surface area contributed by atoms with Crippen molar-refractivity contribution in [3.05, 3.63) is 48.0 Å². The minimum absolute atomic E-state index is 0.212. The van der Waals surface area contributed by atoms with E-state index in [1.54, 1.807) is 31.2 Å². The van der Waals surface area contributed by atoms with E-state index in [4.69, 9.17) is 21.7 Å². The van der Waals surface area contributed by atoms with E-state index in [1.807, 2.05) is 6.07 Å². The minimum atomic E-state index is -1.26. The molecule has 6 N–H and O–H groups in total. The van der Waals surface area contributed by atoms with E-state index < -0.39 is 17.6 Å².